The maximum atomic E-state index is 12.4. The van der Waals surface area contributed by atoms with Crippen LogP contribution in [0, 0.1) is 13.8 Å². The first-order valence-electron chi connectivity index (χ1n) is 13.3. The van der Waals surface area contributed by atoms with Crippen LogP contribution in [0.4, 0.5) is 0 Å². The van der Waals surface area contributed by atoms with Crippen LogP contribution < -0.4 is 27.4 Å². The zero-order valence-corrected chi connectivity index (χ0v) is 28.0. The van der Waals surface area contributed by atoms with E-state index in [2.05, 4.69) is 18.6 Å². The van der Waals surface area contributed by atoms with E-state index < -0.39 is 90.9 Å². The van der Waals surface area contributed by atoms with Gasteiger partial charge in [-0.15, -0.1) is 4.86 Å². The summed E-state index contributed by atoms with van der Waals surface area (Å²) in [6.45, 7) is 2.95. The largest absolute Gasteiger partial charge is 0.419 e. The van der Waals surface area contributed by atoms with Crippen LogP contribution in [-0.4, -0.2) is 64.0 Å². The van der Waals surface area contributed by atoms with Crippen molar-refractivity contribution in [1.29, 1.82) is 0 Å². The summed E-state index contributed by atoms with van der Waals surface area (Å²) in [5.41, 5.74) is -2.27. The van der Waals surface area contributed by atoms with Crippen LogP contribution >= 0.6 is 30.7 Å². The number of ether oxygens (including phenoxy) is 4. The van der Waals surface area contributed by atoms with Crippen molar-refractivity contribution < 1.29 is 65.4 Å². The SMILES string of the molecule is Cc1cc(=O)[nH]c(=O)n1C1CCC(OCP(=O)(O)OP(=O)(O)NP(=O)(O)OP(=O)(O)COC2CCC(n3c(C)cc(=O)[nH]c3=O)O2)O1. The normalized spacial score (nSPS) is 26.7. The number of nitrogens with one attached hydrogen (secondary N) is 3. The Bertz CT molecular complexity index is 1790. The Morgan fingerprint density at radius 2 is 1.09 bits per heavy atom. The van der Waals surface area contributed by atoms with Gasteiger partial charge in [-0.3, -0.25) is 37.8 Å². The monoisotopic (exact) mass is 753 g/mol. The van der Waals surface area contributed by atoms with Gasteiger partial charge >= 0.3 is 42.1 Å². The Morgan fingerprint density at radius 1 is 0.723 bits per heavy atom. The Labute approximate surface area is 262 Å². The molecule has 2 aromatic rings. The number of aromatic amines is 2. The second kappa shape index (κ2) is 14.4. The van der Waals surface area contributed by atoms with E-state index in [1.807, 2.05) is 0 Å². The van der Waals surface area contributed by atoms with Crippen molar-refractivity contribution in [1.82, 2.24) is 24.0 Å². The summed E-state index contributed by atoms with van der Waals surface area (Å²) in [6, 6.07) is 2.29. The fraction of sp³-hybridized carbons (Fsp3) is 0.600. The van der Waals surface area contributed by atoms with E-state index in [0.29, 0.717) is 0 Å². The molecule has 0 radical (unpaired) electrons. The number of hydrogen-bond acceptors (Lipinski definition) is 14. The number of rotatable bonds is 14. The zero-order chi connectivity index (χ0) is 34.9. The highest BCUT2D eigenvalue weighted by atomic mass is 31.3. The van der Waals surface area contributed by atoms with Crippen LogP contribution in [0.15, 0.2) is 31.3 Å². The van der Waals surface area contributed by atoms with Gasteiger partial charge in [-0.1, -0.05) is 0 Å². The van der Waals surface area contributed by atoms with Crippen LogP contribution in [0.5, 0.6) is 0 Å². The van der Waals surface area contributed by atoms with Gasteiger partial charge in [0.05, 0.1) is 0 Å². The van der Waals surface area contributed by atoms with Crippen molar-refractivity contribution in [3.05, 3.63) is 65.2 Å². The highest BCUT2D eigenvalue weighted by molar-refractivity contribution is 7.74. The van der Waals surface area contributed by atoms with Gasteiger partial charge in [0, 0.05) is 36.4 Å². The minimum Gasteiger partial charge on any atom is -0.340 e. The summed E-state index contributed by atoms with van der Waals surface area (Å²) in [6.07, 6.45) is -6.29. The molecule has 4 rings (SSSR count). The van der Waals surface area contributed by atoms with Gasteiger partial charge in [0.25, 0.3) is 11.1 Å². The van der Waals surface area contributed by atoms with Gasteiger partial charge in [0.15, 0.2) is 25.3 Å². The number of H-pyrrole nitrogens is 2. The topological polar surface area (TPSA) is 326 Å². The first kappa shape index (κ1) is 37.7. The minimum absolute atomic E-state index is 0.0795. The standard InChI is InChI=1S/C20H31N5O18P4/c1-11-7-13(26)21-19(28)24(11)15-3-5-17(40-15)38-9-44(30,31)42-46(34,35)23-47(36,37)43-45(32,33)10-39-18-6-4-16(41-18)25-12(2)8-14(27)22-20(25)29/h7-8,15-18H,3-6,9-10H2,1-2H3,(H,30,31)(H,32,33)(H,21,26,28)(H,22,27,29)(H3,23,34,35,36,37). The van der Waals surface area contributed by atoms with E-state index in [0.717, 1.165) is 26.1 Å². The Balaban J connectivity index is 1.26. The second-order valence-electron chi connectivity index (χ2n) is 10.3. The summed E-state index contributed by atoms with van der Waals surface area (Å²) >= 11 is 0. The number of aromatic nitrogens is 4. The highest BCUT2D eigenvalue weighted by Gasteiger charge is 2.43. The van der Waals surface area contributed by atoms with Gasteiger partial charge in [-0.05, 0) is 26.7 Å². The third-order valence-electron chi connectivity index (χ3n) is 6.41. The van der Waals surface area contributed by atoms with Crippen molar-refractivity contribution in [2.24, 2.45) is 0 Å². The molecule has 2 saturated heterocycles. The van der Waals surface area contributed by atoms with E-state index in [9.17, 15) is 57.0 Å². The van der Waals surface area contributed by atoms with Crippen molar-refractivity contribution in [3.63, 3.8) is 0 Å². The van der Waals surface area contributed by atoms with Gasteiger partial charge in [0.2, 0.25) is 0 Å². The molecular formula is C20H31N5O18P4. The number of nitrogens with zero attached hydrogens (tertiary/aromatic N) is 2. The summed E-state index contributed by atoms with van der Waals surface area (Å²) in [5, 5.41) is 0. The fourth-order valence-electron chi connectivity index (χ4n) is 4.71. The van der Waals surface area contributed by atoms with Crippen molar-refractivity contribution in [3.8, 4) is 0 Å². The van der Waals surface area contributed by atoms with Gasteiger partial charge < -0.3 is 38.5 Å². The van der Waals surface area contributed by atoms with Crippen LogP contribution in [-0.2, 0) is 45.8 Å². The molecule has 0 bridgehead atoms. The molecule has 0 saturated carbocycles. The first-order valence-corrected chi connectivity index (χ1v) is 20.0. The average Bonchev–Trinajstić information content (AvgIpc) is 3.53. The smallest absolute Gasteiger partial charge is 0.340 e. The predicted molar refractivity (Wildman–Crippen MR) is 155 cm³/mol. The molecule has 8 unspecified atom stereocenters. The Morgan fingerprint density at radius 3 is 1.43 bits per heavy atom. The van der Waals surface area contributed by atoms with Gasteiger partial charge in [-0.25, -0.2) is 27.3 Å². The minimum atomic E-state index is -5.71. The molecule has 4 heterocycles. The molecule has 0 amide bonds. The Kier molecular flexibility index (Phi) is 11.5. The lowest BCUT2D eigenvalue weighted by Gasteiger charge is -2.23. The van der Waals surface area contributed by atoms with Crippen molar-refractivity contribution >= 4 is 30.7 Å². The average molecular weight is 753 g/mol. The third kappa shape index (κ3) is 10.4. The molecule has 0 aromatic carbocycles. The lowest BCUT2D eigenvalue weighted by Crippen LogP contribution is -2.34. The van der Waals surface area contributed by atoms with Crippen LogP contribution in [0.2, 0.25) is 0 Å². The van der Waals surface area contributed by atoms with Crippen LogP contribution in [0.25, 0.3) is 0 Å². The molecule has 23 nitrogen and oxygen atoms in total. The third-order valence-corrected chi connectivity index (χ3v) is 13.2. The van der Waals surface area contributed by atoms with E-state index in [1.54, 1.807) is 0 Å². The molecule has 7 N–H and O–H groups in total. The summed E-state index contributed by atoms with van der Waals surface area (Å²) < 4.78 is 81.2. The van der Waals surface area contributed by atoms with Crippen LogP contribution in [0.3, 0.4) is 0 Å². The second-order valence-corrected chi connectivity index (χ2v) is 17.5. The van der Waals surface area contributed by atoms with Gasteiger partial charge in [0.1, 0.15) is 12.5 Å². The lowest BCUT2D eigenvalue weighted by atomic mass is 10.3. The molecule has 27 heteroatoms. The zero-order valence-electron chi connectivity index (χ0n) is 24.4. The molecule has 2 aromatic heterocycles. The molecular weight excluding hydrogens is 722 g/mol. The van der Waals surface area contributed by atoms with E-state index >= 15 is 0 Å². The van der Waals surface area contributed by atoms with Gasteiger partial charge in [-0.2, -0.15) is 0 Å². The molecule has 2 fully saturated rings. The molecule has 47 heavy (non-hydrogen) atoms. The molecule has 2 aliphatic heterocycles. The van der Waals surface area contributed by atoms with Crippen molar-refractivity contribution in [2.75, 3.05) is 12.7 Å². The molecule has 2 aliphatic rings. The molecule has 0 aliphatic carbocycles. The molecule has 8 atom stereocenters. The van der Waals surface area contributed by atoms with Crippen LogP contribution in [0.1, 0.15) is 49.5 Å². The predicted octanol–water partition coefficient (Wildman–Crippen LogP) is 0.116. The highest BCUT2D eigenvalue weighted by Crippen LogP contribution is 2.65. The van der Waals surface area contributed by atoms with E-state index in [4.69, 9.17) is 18.9 Å². The first-order chi connectivity index (χ1) is 21.6. The molecule has 264 valence electrons. The van der Waals surface area contributed by atoms with E-state index in [-0.39, 0.29) is 37.1 Å². The summed E-state index contributed by atoms with van der Waals surface area (Å²) in [5.74, 6) is 0. The number of aryl methyl sites for hydroxylation is 2. The molecule has 0 spiro atoms. The quantitative estimate of drug-likeness (QED) is 0.126. The maximum absolute atomic E-state index is 12.4. The summed E-state index contributed by atoms with van der Waals surface area (Å²) in [7, 11) is -21.8. The van der Waals surface area contributed by atoms with Crippen molar-refractivity contribution in [2.45, 2.75) is 64.6 Å². The summed E-state index contributed by atoms with van der Waals surface area (Å²) in [4.78, 5) is 92.0. The number of hydrogen-bond donors (Lipinski definition) is 7. The fourth-order valence-corrected chi connectivity index (χ4v) is 10.8. The lowest BCUT2D eigenvalue weighted by molar-refractivity contribution is -0.142. The Hall–Kier alpha value is -2.16. The van der Waals surface area contributed by atoms with E-state index in [1.165, 1.54) is 13.8 Å². The maximum Gasteiger partial charge on any atom is 0.419 e.